The molecule has 4 nitrogen and oxygen atoms in total. The second-order valence-electron chi connectivity index (χ2n) is 7.35. The Bertz CT molecular complexity index is 714. The lowest BCUT2D eigenvalue weighted by atomic mass is 9.86. The summed E-state index contributed by atoms with van der Waals surface area (Å²) < 4.78 is 1.98. The van der Waals surface area contributed by atoms with Crippen molar-refractivity contribution in [1.29, 1.82) is 0 Å². The Morgan fingerprint density at radius 2 is 1.84 bits per heavy atom. The number of rotatable bonds is 5. The fourth-order valence-corrected chi connectivity index (χ4v) is 3.84. The highest BCUT2D eigenvalue weighted by Gasteiger charge is 2.21. The Hall–Kier alpha value is -2.10. The van der Waals surface area contributed by atoms with Crippen LogP contribution in [0.15, 0.2) is 30.3 Å². The summed E-state index contributed by atoms with van der Waals surface area (Å²) in [6.07, 6.45) is 7.01. The van der Waals surface area contributed by atoms with Crippen molar-refractivity contribution in [2.24, 2.45) is 5.92 Å². The van der Waals surface area contributed by atoms with Crippen molar-refractivity contribution in [3.05, 3.63) is 47.3 Å². The average molecular weight is 339 g/mol. The quantitative estimate of drug-likeness (QED) is 0.809. The van der Waals surface area contributed by atoms with Gasteiger partial charge in [0, 0.05) is 31.3 Å². The molecule has 2 aromatic rings. The van der Waals surface area contributed by atoms with E-state index in [2.05, 4.69) is 24.2 Å². The van der Waals surface area contributed by atoms with E-state index in [9.17, 15) is 4.79 Å². The van der Waals surface area contributed by atoms with Crippen molar-refractivity contribution in [1.82, 2.24) is 14.7 Å². The molecule has 1 aromatic heterocycles. The highest BCUT2D eigenvalue weighted by Crippen LogP contribution is 2.27. The number of hydrogen-bond acceptors (Lipinski definition) is 2. The summed E-state index contributed by atoms with van der Waals surface area (Å²) in [6, 6.07) is 10.2. The van der Waals surface area contributed by atoms with Crippen LogP contribution in [-0.4, -0.2) is 27.6 Å². The molecule has 134 valence electrons. The number of aryl methyl sites for hydroxylation is 1. The highest BCUT2D eigenvalue weighted by atomic mass is 16.2. The second kappa shape index (κ2) is 7.85. The molecule has 1 heterocycles. The van der Waals surface area contributed by atoms with Gasteiger partial charge in [-0.1, -0.05) is 37.5 Å². The summed E-state index contributed by atoms with van der Waals surface area (Å²) in [5.74, 6) is 0.844. The van der Waals surface area contributed by atoms with Gasteiger partial charge < -0.3 is 4.90 Å². The summed E-state index contributed by atoms with van der Waals surface area (Å²) >= 11 is 0. The number of aromatic nitrogens is 2. The van der Waals surface area contributed by atoms with Crippen LogP contribution in [0.25, 0.3) is 5.69 Å². The summed E-state index contributed by atoms with van der Waals surface area (Å²) in [5, 5.41) is 4.69. The van der Waals surface area contributed by atoms with Crippen LogP contribution in [0, 0.1) is 19.8 Å². The lowest BCUT2D eigenvalue weighted by Crippen LogP contribution is -2.29. The number of benzene rings is 1. The van der Waals surface area contributed by atoms with Gasteiger partial charge in [-0.15, -0.1) is 0 Å². The van der Waals surface area contributed by atoms with Crippen molar-refractivity contribution in [3.8, 4) is 5.69 Å². The smallest absolute Gasteiger partial charge is 0.222 e. The van der Waals surface area contributed by atoms with Gasteiger partial charge in [0.1, 0.15) is 0 Å². The van der Waals surface area contributed by atoms with Gasteiger partial charge in [-0.3, -0.25) is 4.79 Å². The summed E-state index contributed by atoms with van der Waals surface area (Å²) in [5.41, 5.74) is 4.33. The molecule has 0 spiro atoms. The molecule has 1 saturated carbocycles. The molecule has 25 heavy (non-hydrogen) atoms. The van der Waals surface area contributed by atoms with Crippen molar-refractivity contribution >= 4 is 5.91 Å². The lowest BCUT2D eigenvalue weighted by Gasteiger charge is -2.24. The zero-order valence-corrected chi connectivity index (χ0v) is 15.7. The standard InChI is InChI=1S/C21H29N3O/c1-16-20(17(2)24(22-16)19-12-8-5-9-13-19)15-23(3)21(25)14-18-10-6-4-7-11-18/h5,8-9,12-13,18H,4,6-7,10-11,14-15H2,1-3H3. The Morgan fingerprint density at radius 1 is 1.16 bits per heavy atom. The normalized spacial score (nSPS) is 15.3. The first-order valence-electron chi connectivity index (χ1n) is 9.40. The maximum Gasteiger partial charge on any atom is 0.222 e. The van der Waals surface area contributed by atoms with E-state index in [4.69, 9.17) is 0 Å². The fourth-order valence-electron chi connectivity index (χ4n) is 3.84. The molecular weight excluding hydrogens is 310 g/mol. The SMILES string of the molecule is Cc1nn(-c2ccccc2)c(C)c1CN(C)C(=O)CC1CCCCC1. The minimum absolute atomic E-state index is 0.262. The van der Waals surface area contributed by atoms with E-state index in [1.165, 1.54) is 32.1 Å². The number of carbonyl (C=O) groups excluding carboxylic acids is 1. The van der Waals surface area contributed by atoms with Crippen LogP contribution in [0.4, 0.5) is 0 Å². The molecule has 0 atom stereocenters. The Morgan fingerprint density at radius 3 is 2.52 bits per heavy atom. The predicted molar refractivity (Wildman–Crippen MR) is 101 cm³/mol. The maximum atomic E-state index is 12.6. The van der Waals surface area contributed by atoms with E-state index in [0.717, 1.165) is 22.6 Å². The summed E-state index contributed by atoms with van der Waals surface area (Å²) in [6.45, 7) is 4.75. The molecular formula is C21H29N3O. The number of hydrogen-bond donors (Lipinski definition) is 0. The molecule has 1 fully saturated rings. The van der Waals surface area contributed by atoms with Crippen LogP contribution in [0.3, 0.4) is 0 Å². The molecule has 1 aliphatic rings. The van der Waals surface area contributed by atoms with Crippen molar-refractivity contribution in [2.45, 2.75) is 58.9 Å². The van der Waals surface area contributed by atoms with Gasteiger partial charge in [-0.2, -0.15) is 5.10 Å². The van der Waals surface area contributed by atoms with E-state index in [1.54, 1.807) is 0 Å². The van der Waals surface area contributed by atoms with E-state index in [-0.39, 0.29) is 5.91 Å². The van der Waals surface area contributed by atoms with Crippen LogP contribution in [-0.2, 0) is 11.3 Å². The summed E-state index contributed by atoms with van der Waals surface area (Å²) in [4.78, 5) is 14.5. The predicted octanol–water partition coefficient (Wildman–Crippen LogP) is 4.42. The third kappa shape index (κ3) is 4.12. The second-order valence-corrected chi connectivity index (χ2v) is 7.35. The first-order chi connectivity index (χ1) is 12.1. The Labute approximate surface area is 150 Å². The third-order valence-electron chi connectivity index (χ3n) is 5.45. The van der Waals surface area contributed by atoms with Crippen LogP contribution in [0.1, 0.15) is 55.5 Å². The van der Waals surface area contributed by atoms with Crippen molar-refractivity contribution in [3.63, 3.8) is 0 Å². The molecule has 1 aliphatic carbocycles. The van der Waals surface area contributed by atoms with E-state index in [0.29, 0.717) is 18.9 Å². The number of para-hydroxylation sites is 1. The van der Waals surface area contributed by atoms with Gasteiger partial charge in [-0.25, -0.2) is 4.68 Å². The van der Waals surface area contributed by atoms with E-state index >= 15 is 0 Å². The number of nitrogens with zero attached hydrogens (tertiary/aromatic N) is 3. The van der Waals surface area contributed by atoms with Crippen molar-refractivity contribution < 1.29 is 4.79 Å². The van der Waals surface area contributed by atoms with Gasteiger partial charge in [-0.05, 0) is 44.7 Å². The van der Waals surface area contributed by atoms with Gasteiger partial charge >= 0.3 is 0 Å². The monoisotopic (exact) mass is 339 g/mol. The van der Waals surface area contributed by atoms with Crippen LogP contribution < -0.4 is 0 Å². The van der Waals surface area contributed by atoms with Crippen LogP contribution in [0.2, 0.25) is 0 Å². The van der Waals surface area contributed by atoms with E-state index in [1.807, 2.05) is 41.8 Å². The molecule has 1 aromatic carbocycles. The minimum atomic E-state index is 0.262. The topological polar surface area (TPSA) is 38.1 Å². The highest BCUT2D eigenvalue weighted by molar-refractivity contribution is 5.76. The Kier molecular flexibility index (Phi) is 5.57. The first kappa shape index (κ1) is 17.7. The molecule has 0 N–H and O–H groups in total. The number of amides is 1. The molecule has 3 rings (SSSR count). The molecule has 0 saturated heterocycles. The average Bonchev–Trinajstić information content (AvgIpc) is 2.91. The largest absolute Gasteiger partial charge is 0.341 e. The first-order valence-corrected chi connectivity index (χ1v) is 9.40. The Balaban J connectivity index is 1.69. The van der Waals surface area contributed by atoms with Gasteiger partial charge in [0.2, 0.25) is 5.91 Å². The van der Waals surface area contributed by atoms with Crippen LogP contribution in [0.5, 0.6) is 0 Å². The summed E-state index contributed by atoms with van der Waals surface area (Å²) in [7, 11) is 1.92. The minimum Gasteiger partial charge on any atom is -0.341 e. The molecule has 0 bridgehead atoms. The number of carbonyl (C=O) groups is 1. The molecule has 1 amide bonds. The van der Waals surface area contributed by atoms with Gasteiger partial charge in [0.15, 0.2) is 0 Å². The molecule has 4 heteroatoms. The van der Waals surface area contributed by atoms with Crippen LogP contribution >= 0.6 is 0 Å². The molecule has 0 radical (unpaired) electrons. The fraction of sp³-hybridized carbons (Fsp3) is 0.524. The zero-order chi connectivity index (χ0) is 17.8. The molecule has 0 unspecified atom stereocenters. The maximum absolute atomic E-state index is 12.6. The lowest BCUT2D eigenvalue weighted by molar-refractivity contribution is -0.131. The zero-order valence-electron chi connectivity index (χ0n) is 15.7. The van der Waals surface area contributed by atoms with Gasteiger partial charge in [0.05, 0.1) is 11.4 Å². The van der Waals surface area contributed by atoms with E-state index < -0.39 is 0 Å². The van der Waals surface area contributed by atoms with Crippen molar-refractivity contribution in [2.75, 3.05) is 7.05 Å². The molecule has 0 aliphatic heterocycles. The third-order valence-corrected chi connectivity index (χ3v) is 5.45. The van der Waals surface area contributed by atoms with Gasteiger partial charge in [0.25, 0.3) is 0 Å².